The van der Waals surface area contributed by atoms with Gasteiger partial charge < -0.3 is 20.7 Å². The SMILES string of the molecule is CCOc1ccc(NC(=O)C2=C(C)NC(=O)N[C@H]2c2ccccc2Br)cc1. The lowest BCUT2D eigenvalue weighted by Crippen LogP contribution is -2.46. The third kappa shape index (κ3) is 4.31. The lowest BCUT2D eigenvalue weighted by molar-refractivity contribution is -0.113. The Balaban J connectivity index is 1.88. The quantitative estimate of drug-likeness (QED) is 0.668. The molecule has 140 valence electrons. The van der Waals surface area contributed by atoms with Gasteiger partial charge in [0.1, 0.15) is 5.75 Å². The maximum absolute atomic E-state index is 13.0. The van der Waals surface area contributed by atoms with Gasteiger partial charge in [-0.3, -0.25) is 4.79 Å². The zero-order chi connectivity index (χ0) is 19.4. The van der Waals surface area contributed by atoms with E-state index in [9.17, 15) is 9.59 Å². The Morgan fingerprint density at radius 3 is 2.56 bits per heavy atom. The predicted octanol–water partition coefficient (Wildman–Crippen LogP) is 4.11. The van der Waals surface area contributed by atoms with Crippen LogP contribution in [0.25, 0.3) is 0 Å². The van der Waals surface area contributed by atoms with Crippen LogP contribution in [-0.4, -0.2) is 18.5 Å². The van der Waals surface area contributed by atoms with E-state index in [1.165, 1.54) is 0 Å². The van der Waals surface area contributed by atoms with Crippen molar-refractivity contribution >= 4 is 33.6 Å². The number of rotatable bonds is 5. The molecule has 0 saturated carbocycles. The van der Waals surface area contributed by atoms with E-state index in [0.29, 0.717) is 23.6 Å². The molecule has 1 aliphatic rings. The molecule has 0 fully saturated rings. The smallest absolute Gasteiger partial charge is 0.319 e. The van der Waals surface area contributed by atoms with Crippen molar-refractivity contribution < 1.29 is 14.3 Å². The van der Waals surface area contributed by atoms with Gasteiger partial charge in [-0.2, -0.15) is 0 Å². The number of ether oxygens (including phenoxy) is 1. The van der Waals surface area contributed by atoms with Crippen molar-refractivity contribution in [3.63, 3.8) is 0 Å². The Bertz CT molecular complexity index is 894. The summed E-state index contributed by atoms with van der Waals surface area (Å²) >= 11 is 3.50. The first-order chi connectivity index (χ1) is 13.0. The minimum absolute atomic E-state index is 0.287. The third-order valence-corrected chi connectivity index (χ3v) is 4.88. The molecule has 0 bridgehead atoms. The number of allylic oxidation sites excluding steroid dienone is 1. The number of anilines is 1. The van der Waals surface area contributed by atoms with Gasteiger partial charge in [0.15, 0.2) is 0 Å². The van der Waals surface area contributed by atoms with Crippen LogP contribution >= 0.6 is 15.9 Å². The molecule has 1 aliphatic heterocycles. The van der Waals surface area contributed by atoms with Gasteiger partial charge in [-0.25, -0.2) is 4.79 Å². The molecule has 0 spiro atoms. The van der Waals surface area contributed by atoms with E-state index in [4.69, 9.17) is 4.74 Å². The van der Waals surface area contributed by atoms with Gasteiger partial charge in [-0.1, -0.05) is 34.1 Å². The van der Waals surface area contributed by atoms with Crippen molar-refractivity contribution in [3.8, 4) is 5.75 Å². The molecule has 0 unspecified atom stereocenters. The van der Waals surface area contributed by atoms with E-state index in [2.05, 4.69) is 31.9 Å². The molecule has 7 heteroatoms. The molecule has 1 heterocycles. The average Bonchev–Trinajstić information content (AvgIpc) is 2.63. The molecule has 0 saturated heterocycles. The molecular weight excluding hydrogens is 410 g/mol. The summed E-state index contributed by atoms with van der Waals surface area (Å²) in [7, 11) is 0. The standard InChI is InChI=1S/C20H20BrN3O3/c1-3-27-14-10-8-13(9-11-14)23-19(25)17-12(2)22-20(26)24-18(17)15-6-4-5-7-16(15)21/h4-11,18H,3H2,1-2H3,(H,23,25)(H2,22,24,26)/t18-/m0/s1. The van der Waals surface area contributed by atoms with Crippen molar-refractivity contribution in [2.75, 3.05) is 11.9 Å². The van der Waals surface area contributed by atoms with Gasteiger partial charge in [0.05, 0.1) is 18.2 Å². The van der Waals surface area contributed by atoms with Gasteiger partial charge in [-0.15, -0.1) is 0 Å². The summed E-state index contributed by atoms with van der Waals surface area (Å²) in [4.78, 5) is 25.0. The molecule has 3 N–H and O–H groups in total. The van der Waals surface area contributed by atoms with Crippen LogP contribution in [0.15, 0.2) is 64.3 Å². The minimum Gasteiger partial charge on any atom is -0.494 e. The molecule has 0 aromatic heterocycles. The van der Waals surface area contributed by atoms with Gasteiger partial charge in [-0.05, 0) is 49.7 Å². The van der Waals surface area contributed by atoms with E-state index < -0.39 is 6.04 Å². The number of carbonyl (C=O) groups excluding carboxylic acids is 2. The van der Waals surface area contributed by atoms with E-state index >= 15 is 0 Å². The number of hydrogen-bond acceptors (Lipinski definition) is 3. The second-order valence-electron chi connectivity index (χ2n) is 6.00. The number of nitrogens with one attached hydrogen (secondary N) is 3. The molecule has 3 rings (SSSR count). The Hall–Kier alpha value is -2.80. The van der Waals surface area contributed by atoms with Crippen molar-refractivity contribution in [2.45, 2.75) is 19.9 Å². The van der Waals surface area contributed by atoms with Crippen LogP contribution in [0.1, 0.15) is 25.5 Å². The largest absolute Gasteiger partial charge is 0.494 e. The van der Waals surface area contributed by atoms with Gasteiger partial charge in [0, 0.05) is 15.9 Å². The first-order valence-corrected chi connectivity index (χ1v) is 9.35. The molecule has 0 aliphatic carbocycles. The molecule has 1 atom stereocenters. The fraction of sp³-hybridized carbons (Fsp3) is 0.200. The number of benzene rings is 2. The van der Waals surface area contributed by atoms with Crippen LogP contribution in [0.4, 0.5) is 10.5 Å². The lowest BCUT2D eigenvalue weighted by atomic mass is 9.95. The van der Waals surface area contributed by atoms with Gasteiger partial charge in [0.25, 0.3) is 5.91 Å². The summed E-state index contributed by atoms with van der Waals surface area (Å²) in [5.41, 5.74) is 2.42. The number of hydrogen-bond donors (Lipinski definition) is 3. The van der Waals surface area contributed by atoms with E-state index in [0.717, 1.165) is 15.8 Å². The summed E-state index contributed by atoms with van der Waals surface area (Å²) < 4.78 is 6.23. The van der Waals surface area contributed by atoms with Crippen molar-refractivity contribution in [1.29, 1.82) is 0 Å². The van der Waals surface area contributed by atoms with Crippen LogP contribution in [0.5, 0.6) is 5.75 Å². The maximum Gasteiger partial charge on any atom is 0.319 e. The fourth-order valence-electron chi connectivity index (χ4n) is 2.94. The summed E-state index contributed by atoms with van der Waals surface area (Å²) in [6.45, 7) is 4.21. The first kappa shape index (κ1) is 19.0. The first-order valence-electron chi connectivity index (χ1n) is 8.56. The van der Waals surface area contributed by atoms with Gasteiger partial charge >= 0.3 is 6.03 Å². The summed E-state index contributed by atoms with van der Waals surface area (Å²) in [6, 6.07) is 13.8. The van der Waals surface area contributed by atoms with Crippen molar-refractivity contribution in [2.24, 2.45) is 0 Å². The van der Waals surface area contributed by atoms with Gasteiger partial charge in [0.2, 0.25) is 0 Å². The lowest BCUT2D eigenvalue weighted by Gasteiger charge is -2.29. The van der Waals surface area contributed by atoms with Crippen molar-refractivity contribution in [1.82, 2.24) is 10.6 Å². The monoisotopic (exact) mass is 429 g/mol. The highest BCUT2D eigenvalue weighted by Gasteiger charge is 2.32. The molecule has 3 amide bonds. The maximum atomic E-state index is 13.0. The average molecular weight is 430 g/mol. The minimum atomic E-state index is -0.558. The Morgan fingerprint density at radius 1 is 1.19 bits per heavy atom. The third-order valence-electron chi connectivity index (χ3n) is 4.15. The molecule has 6 nitrogen and oxygen atoms in total. The molecule has 27 heavy (non-hydrogen) atoms. The van der Waals surface area contributed by atoms with Crippen LogP contribution in [0, 0.1) is 0 Å². The van der Waals surface area contributed by atoms with Crippen LogP contribution in [-0.2, 0) is 4.79 Å². The number of halogens is 1. The molecule has 2 aromatic rings. The normalized spacial score (nSPS) is 16.4. The molecule has 0 radical (unpaired) electrons. The topological polar surface area (TPSA) is 79.5 Å². The highest BCUT2D eigenvalue weighted by atomic mass is 79.9. The predicted molar refractivity (Wildman–Crippen MR) is 107 cm³/mol. The van der Waals surface area contributed by atoms with E-state index in [-0.39, 0.29) is 11.9 Å². The zero-order valence-electron chi connectivity index (χ0n) is 15.0. The van der Waals surface area contributed by atoms with Crippen LogP contribution in [0.2, 0.25) is 0 Å². The highest BCUT2D eigenvalue weighted by Crippen LogP contribution is 2.32. The zero-order valence-corrected chi connectivity index (χ0v) is 16.6. The Morgan fingerprint density at radius 2 is 1.89 bits per heavy atom. The van der Waals surface area contributed by atoms with Crippen LogP contribution < -0.4 is 20.7 Å². The summed E-state index contributed by atoms with van der Waals surface area (Å²) in [5.74, 6) is 0.452. The second-order valence-corrected chi connectivity index (χ2v) is 6.86. The van der Waals surface area contributed by atoms with Crippen LogP contribution in [0.3, 0.4) is 0 Å². The highest BCUT2D eigenvalue weighted by molar-refractivity contribution is 9.10. The number of urea groups is 1. The van der Waals surface area contributed by atoms with Crippen molar-refractivity contribution in [3.05, 3.63) is 69.8 Å². The fourth-order valence-corrected chi connectivity index (χ4v) is 3.45. The second kappa shape index (κ2) is 8.26. The Labute approximate surface area is 166 Å². The molecule has 2 aromatic carbocycles. The number of amides is 3. The summed E-state index contributed by atoms with van der Waals surface area (Å²) in [6.07, 6.45) is 0. The Kier molecular flexibility index (Phi) is 5.81. The number of carbonyl (C=O) groups is 2. The molecular formula is C20H20BrN3O3. The summed E-state index contributed by atoms with van der Waals surface area (Å²) in [5, 5.41) is 8.39. The van der Waals surface area contributed by atoms with E-state index in [1.807, 2.05) is 31.2 Å². The van der Waals surface area contributed by atoms with E-state index in [1.54, 1.807) is 31.2 Å².